The molecule has 2 heterocycles. The zero-order valence-electron chi connectivity index (χ0n) is 13.2. The second-order valence-electron chi connectivity index (χ2n) is 8.18. The molecule has 0 spiro atoms. The summed E-state index contributed by atoms with van der Waals surface area (Å²) in [5.74, 6) is -0.404. The first-order valence-electron chi connectivity index (χ1n) is 7.38. The molecule has 20 heavy (non-hydrogen) atoms. The normalized spacial score (nSPS) is 49.1. The number of fused-ring (bicyclic) bond motifs is 4. The maximum absolute atomic E-state index is 12.5. The average Bonchev–Trinajstić information content (AvgIpc) is 2.17. The second-order valence-corrected chi connectivity index (χ2v) is 8.18. The molecular formula is C16H24O4. The summed E-state index contributed by atoms with van der Waals surface area (Å²) >= 11 is 0. The molecule has 1 saturated carbocycles. The molecule has 112 valence electrons. The second kappa shape index (κ2) is 3.53. The fourth-order valence-corrected chi connectivity index (χ4v) is 4.75. The summed E-state index contributed by atoms with van der Waals surface area (Å²) in [6.07, 6.45) is 0.743. The van der Waals surface area contributed by atoms with Crippen molar-refractivity contribution in [2.75, 3.05) is 0 Å². The maximum atomic E-state index is 12.5. The summed E-state index contributed by atoms with van der Waals surface area (Å²) in [6, 6.07) is 0. The van der Waals surface area contributed by atoms with Crippen LogP contribution in [0.15, 0.2) is 0 Å². The van der Waals surface area contributed by atoms with E-state index in [4.69, 9.17) is 9.47 Å². The predicted molar refractivity (Wildman–Crippen MR) is 73.4 cm³/mol. The average molecular weight is 280 g/mol. The highest BCUT2D eigenvalue weighted by Gasteiger charge is 2.78. The first-order valence-corrected chi connectivity index (χ1v) is 7.38. The van der Waals surface area contributed by atoms with Crippen LogP contribution in [0.4, 0.5) is 0 Å². The lowest BCUT2D eigenvalue weighted by atomic mass is 9.45. The van der Waals surface area contributed by atoms with Gasteiger partial charge in [-0.3, -0.25) is 9.59 Å². The zero-order valence-corrected chi connectivity index (χ0v) is 13.2. The van der Waals surface area contributed by atoms with Gasteiger partial charge in [0.15, 0.2) is 0 Å². The Kier molecular flexibility index (Phi) is 2.51. The van der Waals surface area contributed by atoms with E-state index in [0.717, 1.165) is 0 Å². The van der Waals surface area contributed by atoms with Crippen LogP contribution in [-0.4, -0.2) is 34.0 Å². The molecule has 3 fully saturated rings. The Balaban J connectivity index is 2.05. The van der Waals surface area contributed by atoms with E-state index in [1.165, 1.54) is 0 Å². The monoisotopic (exact) mass is 280 g/mol. The standard InChI is InChI=1S/C16H24O4/c1-13(2)7-9(17)11-12-10(18)8-14(3,4)20-16(12,6)15(11,5)19-13/h11-12H,7-8H2,1-6H3/t11-,12-,15-,16-/m1/s1. The van der Waals surface area contributed by atoms with Gasteiger partial charge in [0.1, 0.15) is 22.8 Å². The van der Waals surface area contributed by atoms with Crippen molar-refractivity contribution in [2.24, 2.45) is 11.8 Å². The predicted octanol–water partition coefficient (Wildman–Crippen LogP) is 2.29. The first kappa shape index (κ1) is 14.2. The molecule has 4 atom stereocenters. The third-order valence-corrected chi connectivity index (χ3v) is 5.38. The van der Waals surface area contributed by atoms with Crippen LogP contribution < -0.4 is 0 Å². The molecular weight excluding hydrogens is 256 g/mol. The molecule has 1 aliphatic carbocycles. The van der Waals surface area contributed by atoms with Gasteiger partial charge in [-0.2, -0.15) is 0 Å². The van der Waals surface area contributed by atoms with Crippen molar-refractivity contribution in [1.29, 1.82) is 0 Å². The Labute approximate surface area is 120 Å². The van der Waals surface area contributed by atoms with E-state index in [2.05, 4.69) is 0 Å². The van der Waals surface area contributed by atoms with E-state index in [-0.39, 0.29) is 23.4 Å². The van der Waals surface area contributed by atoms with Crippen LogP contribution in [0.3, 0.4) is 0 Å². The Morgan fingerprint density at radius 1 is 0.750 bits per heavy atom. The minimum atomic E-state index is -0.705. The summed E-state index contributed by atoms with van der Waals surface area (Å²) in [7, 11) is 0. The smallest absolute Gasteiger partial charge is 0.142 e. The van der Waals surface area contributed by atoms with E-state index in [0.29, 0.717) is 12.8 Å². The van der Waals surface area contributed by atoms with Crippen LogP contribution in [0.25, 0.3) is 0 Å². The van der Waals surface area contributed by atoms with Crippen molar-refractivity contribution in [1.82, 2.24) is 0 Å². The van der Waals surface area contributed by atoms with Crippen molar-refractivity contribution in [3.05, 3.63) is 0 Å². The summed E-state index contributed by atoms with van der Waals surface area (Å²) in [5.41, 5.74) is -2.40. The lowest BCUT2D eigenvalue weighted by molar-refractivity contribution is -0.371. The van der Waals surface area contributed by atoms with Gasteiger partial charge in [0.25, 0.3) is 0 Å². The lowest BCUT2D eigenvalue weighted by Crippen LogP contribution is -2.84. The molecule has 4 nitrogen and oxygen atoms in total. The molecule has 0 bridgehead atoms. The fraction of sp³-hybridized carbons (Fsp3) is 0.875. The largest absolute Gasteiger partial charge is 0.365 e. The van der Waals surface area contributed by atoms with E-state index in [1.807, 2.05) is 41.5 Å². The van der Waals surface area contributed by atoms with Crippen LogP contribution in [0.1, 0.15) is 54.4 Å². The summed E-state index contributed by atoms with van der Waals surface area (Å²) in [6.45, 7) is 11.6. The van der Waals surface area contributed by atoms with Crippen molar-refractivity contribution >= 4 is 11.6 Å². The molecule has 4 heteroatoms. The maximum Gasteiger partial charge on any atom is 0.142 e. The Morgan fingerprint density at radius 2 is 1.05 bits per heavy atom. The van der Waals surface area contributed by atoms with Crippen LogP contribution in [-0.2, 0) is 19.1 Å². The van der Waals surface area contributed by atoms with Gasteiger partial charge in [-0.25, -0.2) is 0 Å². The van der Waals surface area contributed by atoms with Gasteiger partial charge < -0.3 is 9.47 Å². The van der Waals surface area contributed by atoms with Crippen molar-refractivity contribution in [3.63, 3.8) is 0 Å². The van der Waals surface area contributed by atoms with E-state index in [1.54, 1.807) is 0 Å². The molecule has 0 amide bonds. The molecule has 0 aromatic rings. The first-order chi connectivity index (χ1) is 8.92. The molecule has 2 saturated heterocycles. The molecule has 0 N–H and O–H groups in total. The zero-order chi connectivity index (χ0) is 15.1. The highest BCUT2D eigenvalue weighted by atomic mass is 16.6. The lowest BCUT2D eigenvalue weighted by Gasteiger charge is -2.70. The van der Waals surface area contributed by atoms with Crippen LogP contribution >= 0.6 is 0 Å². The van der Waals surface area contributed by atoms with Gasteiger partial charge in [0.2, 0.25) is 0 Å². The van der Waals surface area contributed by atoms with Crippen LogP contribution in [0.2, 0.25) is 0 Å². The van der Waals surface area contributed by atoms with Crippen LogP contribution in [0.5, 0.6) is 0 Å². The number of carbonyl (C=O) groups is 2. The molecule has 0 aromatic carbocycles. The summed E-state index contributed by atoms with van der Waals surface area (Å²) in [5, 5.41) is 0. The minimum absolute atomic E-state index is 0.142. The molecule has 0 radical (unpaired) electrons. The molecule has 0 unspecified atom stereocenters. The number of ether oxygens (including phenoxy) is 2. The number of hydrogen-bond donors (Lipinski definition) is 0. The number of hydrogen-bond acceptors (Lipinski definition) is 4. The third-order valence-electron chi connectivity index (χ3n) is 5.38. The van der Waals surface area contributed by atoms with Crippen molar-refractivity contribution < 1.29 is 19.1 Å². The molecule has 2 aliphatic heterocycles. The number of ketones is 2. The Bertz CT molecular complexity index is 461. The van der Waals surface area contributed by atoms with Crippen molar-refractivity contribution in [2.45, 2.75) is 76.8 Å². The van der Waals surface area contributed by atoms with Gasteiger partial charge in [0, 0.05) is 12.8 Å². The van der Waals surface area contributed by atoms with E-state index < -0.39 is 22.4 Å². The quantitative estimate of drug-likeness (QED) is 0.683. The van der Waals surface area contributed by atoms with E-state index >= 15 is 0 Å². The fourth-order valence-electron chi connectivity index (χ4n) is 4.75. The number of Topliss-reactive ketones (excluding diaryl/α,β-unsaturated/α-hetero) is 2. The number of carbonyl (C=O) groups excluding carboxylic acids is 2. The van der Waals surface area contributed by atoms with Gasteiger partial charge in [-0.1, -0.05) is 0 Å². The highest BCUT2D eigenvalue weighted by molar-refractivity contribution is 5.96. The van der Waals surface area contributed by atoms with Gasteiger partial charge in [-0.05, 0) is 41.5 Å². The Hall–Kier alpha value is -0.740. The number of rotatable bonds is 0. The molecule has 0 aromatic heterocycles. The van der Waals surface area contributed by atoms with Gasteiger partial charge >= 0.3 is 0 Å². The minimum Gasteiger partial charge on any atom is -0.365 e. The topological polar surface area (TPSA) is 52.6 Å². The molecule has 3 aliphatic rings. The van der Waals surface area contributed by atoms with Crippen LogP contribution in [0, 0.1) is 11.8 Å². The van der Waals surface area contributed by atoms with Crippen molar-refractivity contribution in [3.8, 4) is 0 Å². The highest BCUT2D eigenvalue weighted by Crippen LogP contribution is 2.64. The summed E-state index contributed by atoms with van der Waals surface area (Å²) < 4.78 is 12.5. The SMILES string of the molecule is CC1(C)CC(=O)[C@@H]2[C@H]3C(=O)CC(C)(C)O[C@@]3(C)[C@]2(C)O1. The Morgan fingerprint density at radius 3 is 1.35 bits per heavy atom. The third kappa shape index (κ3) is 1.55. The van der Waals surface area contributed by atoms with E-state index in [9.17, 15) is 9.59 Å². The van der Waals surface area contributed by atoms with Gasteiger partial charge in [-0.15, -0.1) is 0 Å². The summed E-state index contributed by atoms with van der Waals surface area (Å²) in [4.78, 5) is 25.0. The molecule has 3 rings (SSSR count). The van der Waals surface area contributed by atoms with Gasteiger partial charge in [0.05, 0.1) is 23.0 Å².